The van der Waals surface area contributed by atoms with Crippen molar-refractivity contribution in [2.75, 3.05) is 19.7 Å². The molecule has 0 aliphatic carbocycles. The first kappa shape index (κ1) is 16.1. The third kappa shape index (κ3) is 4.36. The van der Waals surface area contributed by atoms with Crippen molar-refractivity contribution >= 4 is 11.3 Å². The van der Waals surface area contributed by atoms with Crippen LogP contribution in [0.2, 0.25) is 0 Å². The predicted octanol–water partition coefficient (Wildman–Crippen LogP) is 0.917. The van der Waals surface area contributed by atoms with Crippen LogP contribution < -0.4 is 0 Å². The Morgan fingerprint density at radius 2 is 2.26 bits per heavy atom. The number of thiophene rings is 1. The summed E-state index contributed by atoms with van der Waals surface area (Å²) < 4.78 is 0. The summed E-state index contributed by atoms with van der Waals surface area (Å²) in [5, 5.41) is 21.0. The van der Waals surface area contributed by atoms with Gasteiger partial charge in [0.2, 0.25) is 0 Å². The Bertz CT molecular complexity index is 693. The highest BCUT2D eigenvalue weighted by atomic mass is 32.1. The van der Waals surface area contributed by atoms with Gasteiger partial charge in [-0.15, -0.1) is 11.3 Å². The van der Waals surface area contributed by atoms with E-state index in [1.54, 1.807) is 29.9 Å². The maximum Gasteiger partial charge on any atom is 0.104 e. The third-order valence-corrected chi connectivity index (χ3v) is 4.84. The molecule has 0 saturated carbocycles. The summed E-state index contributed by atoms with van der Waals surface area (Å²) in [4.78, 5) is 11.9. The fourth-order valence-electron chi connectivity index (χ4n) is 2.87. The molecule has 2 atom stereocenters. The lowest BCUT2D eigenvalue weighted by Crippen LogP contribution is -2.20. The summed E-state index contributed by atoms with van der Waals surface area (Å²) in [5.41, 5.74) is 1.87. The van der Waals surface area contributed by atoms with Gasteiger partial charge in [0.15, 0.2) is 0 Å². The summed E-state index contributed by atoms with van der Waals surface area (Å²) >= 11 is 1.66. The van der Waals surface area contributed by atoms with Crippen molar-refractivity contribution < 1.29 is 10.2 Å². The number of aliphatic hydroxyl groups is 2. The highest BCUT2D eigenvalue weighted by Gasteiger charge is 2.31. The lowest BCUT2D eigenvalue weighted by Gasteiger charge is -2.14. The average Bonchev–Trinajstić information content (AvgIpc) is 3.14. The Morgan fingerprint density at radius 1 is 1.35 bits per heavy atom. The van der Waals surface area contributed by atoms with Crippen molar-refractivity contribution in [2.24, 2.45) is 5.92 Å². The van der Waals surface area contributed by atoms with Crippen molar-refractivity contribution in [2.45, 2.75) is 19.1 Å². The molecule has 2 aromatic rings. The number of hydrogen-bond donors (Lipinski definition) is 2. The van der Waals surface area contributed by atoms with Crippen molar-refractivity contribution in [3.05, 3.63) is 46.2 Å². The molecule has 3 rings (SSSR count). The van der Waals surface area contributed by atoms with Gasteiger partial charge in [-0.3, -0.25) is 14.9 Å². The van der Waals surface area contributed by atoms with E-state index < -0.39 is 0 Å². The quantitative estimate of drug-likeness (QED) is 0.816. The van der Waals surface area contributed by atoms with E-state index in [1.165, 1.54) is 4.88 Å². The molecule has 120 valence electrons. The van der Waals surface area contributed by atoms with E-state index in [4.69, 9.17) is 5.11 Å². The highest BCUT2D eigenvalue weighted by molar-refractivity contribution is 7.10. The van der Waals surface area contributed by atoms with E-state index in [2.05, 4.69) is 32.8 Å². The number of hydrogen-bond acceptors (Lipinski definition) is 6. The zero-order chi connectivity index (χ0) is 16.1. The zero-order valence-electron chi connectivity index (χ0n) is 12.7. The Hall–Kier alpha value is -1.78. The predicted molar refractivity (Wildman–Crippen MR) is 88.8 cm³/mol. The average molecular weight is 329 g/mol. The van der Waals surface area contributed by atoms with Gasteiger partial charge >= 0.3 is 0 Å². The second-order valence-electron chi connectivity index (χ2n) is 5.68. The molecular formula is C17H19N3O2S. The van der Waals surface area contributed by atoms with Crippen molar-refractivity contribution in [1.82, 2.24) is 14.9 Å². The molecule has 2 N–H and O–H groups in total. The molecule has 1 aliphatic heterocycles. The molecule has 2 aromatic heterocycles. The summed E-state index contributed by atoms with van der Waals surface area (Å²) in [7, 11) is 0. The van der Waals surface area contributed by atoms with Gasteiger partial charge in [-0.2, -0.15) is 0 Å². The molecule has 1 aliphatic rings. The Balaban J connectivity index is 1.57. The van der Waals surface area contributed by atoms with E-state index in [1.807, 2.05) is 5.38 Å². The summed E-state index contributed by atoms with van der Waals surface area (Å²) in [6.45, 7) is 2.24. The Kier molecular flexibility index (Phi) is 5.36. The SMILES string of the molecule is OCC#Cc1csc(CN2C[C@@H](Cc3cnccn3)[C@H](O)C2)c1. The number of β-amino-alcohol motifs (C(OH)–C–C–N with tert-alkyl or cyclic N) is 1. The van der Waals surface area contributed by atoms with Gasteiger partial charge in [-0.25, -0.2) is 0 Å². The van der Waals surface area contributed by atoms with Crippen LogP contribution >= 0.6 is 11.3 Å². The monoisotopic (exact) mass is 329 g/mol. The van der Waals surface area contributed by atoms with Crippen LogP contribution in [0.15, 0.2) is 30.0 Å². The van der Waals surface area contributed by atoms with Gasteiger partial charge < -0.3 is 10.2 Å². The maximum atomic E-state index is 10.3. The van der Waals surface area contributed by atoms with Crippen LogP contribution in [0, 0.1) is 17.8 Å². The number of nitrogens with zero attached hydrogens (tertiary/aromatic N) is 3. The van der Waals surface area contributed by atoms with Gasteiger partial charge in [0.25, 0.3) is 0 Å². The Morgan fingerprint density at radius 3 is 3.04 bits per heavy atom. The van der Waals surface area contributed by atoms with Crippen LogP contribution in [0.25, 0.3) is 0 Å². The van der Waals surface area contributed by atoms with Gasteiger partial charge in [0, 0.05) is 60.0 Å². The smallest absolute Gasteiger partial charge is 0.104 e. The number of aromatic nitrogens is 2. The molecule has 0 amide bonds. The van der Waals surface area contributed by atoms with E-state index in [9.17, 15) is 5.11 Å². The van der Waals surface area contributed by atoms with Crippen LogP contribution in [-0.4, -0.2) is 50.9 Å². The Labute approximate surface area is 139 Å². The highest BCUT2D eigenvalue weighted by Crippen LogP contribution is 2.24. The molecule has 6 heteroatoms. The van der Waals surface area contributed by atoms with E-state index >= 15 is 0 Å². The fourth-order valence-corrected chi connectivity index (χ4v) is 3.72. The molecule has 0 bridgehead atoms. The van der Waals surface area contributed by atoms with Crippen molar-refractivity contribution in [3.63, 3.8) is 0 Å². The van der Waals surface area contributed by atoms with Crippen LogP contribution in [0.1, 0.15) is 16.1 Å². The molecular weight excluding hydrogens is 310 g/mol. The molecule has 5 nitrogen and oxygen atoms in total. The topological polar surface area (TPSA) is 69.5 Å². The number of aliphatic hydroxyl groups excluding tert-OH is 2. The van der Waals surface area contributed by atoms with Crippen LogP contribution in [0.5, 0.6) is 0 Å². The maximum absolute atomic E-state index is 10.3. The largest absolute Gasteiger partial charge is 0.391 e. The minimum absolute atomic E-state index is 0.118. The second-order valence-corrected chi connectivity index (χ2v) is 6.68. The molecule has 0 spiro atoms. The lowest BCUT2D eigenvalue weighted by atomic mass is 10.0. The molecule has 0 radical (unpaired) electrons. The van der Waals surface area contributed by atoms with Gasteiger partial charge in [0.05, 0.1) is 11.8 Å². The molecule has 1 fully saturated rings. The van der Waals surface area contributed by atoms with Crippen LogP contribution in [0.4, 0.5) is 0 Å². The van der Waals surface area contributed by atoms with E-state index in [0.29, 0.717) is 6.54 Å². The molecule has 0 aromatic carbocycles. The van der Waals surface area contributed by atoms with E-state index in [-0.39, 0.29) is 18.6 Å². The third-order valence-electron chi connectivity index (χ3n) is 3.92. The number of likely N-dealkylation sites (tertiary alicyclic amines) is 1. The number of rotatable bonds is 4. The first-order valence-corrected chi connectivity index (χ1v) is 8.45. The molecule has 1 saturated heterocycles. The molecule has 3 heterocycles. The second kappa shape index (κ2) is 7.66. The van der Waals surface area contributed by atoms with E-state index in [0.717, 1.165) is 30.8 Å². The zero-order valence-corrected chi connectivity index (χ0v) is 13.5. The minimum atomic E-state index is -0.328. The molecule has 23 heavy (non-hydrogen) atoms. The van der Waals surface area contributed by atoms with Gasteiger partial charge in [0.1, 0.15) is 6.61 Å². The fraction of sp³-hybridized carbons (Fsp3) is 0.412. The normalized spacial score (nSPS) is 21.1. The van der Waals surface area contributed by atoms with Crippen LogP contribution in [0.3, 0.4) is 0 Å². The lowest BCUT2D eigenvalue weighted by molar-refractivity contribution is 0.140. The summed E-state index contributed by atoms with van der Waals surface area (Å²) in [6.07, 6.45) is 5.54. The van der Waals surface area contributed by atoms with Gasteiger partial charge in [-0.1, -0.05) is 11.8 Å². The summed E-state index contributed by atoms with van der Waals surface area (Å²) in [6, 6.07) is 2.05. The molecule has 0 unspecified atom stereocenters. The van der Waals surface area contributed by atoms with Gasteiger partial charge in [-0.05, 0) is 12.5 Å². The van der Waals surface area contributed by atoms with Crippen LogP contribution in [-0.2, 0) is 13.0 Å². The van der Waals surface area contributed by atoms with Crippen molar-refractivity contribution in [3.8, 4) is 11.8 Å². The van der Waals surface area contributed by atoms with Crippen molar-refractivity contribution in [1.29, 1.82) is 0 Å². The summed E-state index contributed by atoms with van der Waals surface area (Å²) in [5.74, 6) is 5.77. The first-order valence-electron chi connectivity index (χ1n) is 7.57. The first-order chi connectivity index (χ1) is 11.2. The standard InChI is InChI=1S/C17H19N3O2S/c21-5-1-2-13-6-16(23-12-13)10-20-9-14(17(22)11-20)7-15-8-18-3-4-19-15/h3-4,6,8,12,14,17,21-22H,5,7,9-11H2/t14-,17-/m1/s1. The minimum Gasteiger partial charge on any atom is -0.391 e.